The molecule has 1 spiro atoms. The normalized spacial score (nSPS) is 25.2. The number of ether oxygens (including phenoxy) is 1. The van der Waals surface area contributed by atoms with Gasteiger partial charge in [0.25, 0.3) is 0 Å². The fourth-order valence-corrected chi connectivity index (χ4v) is 3.77. The zero-order valence-corrected chi connectivity index (χ0v) is 14.1. The Kier molecular flexibility index (Phi) is 4.80. The summed E-state index contributed by atoms with van der Waals surface area (Å²) in [5.74, 6) is 1.06. The molecule has 1 unspecified atom stereocenters. The molecular weight excluding hydrogens is 278 g/mol. The van der Waals surface area contributed by atoms with Gasteiger partial charge in [-0.05, 0) is 59.7 Å². The van der Waals surface area contributed by atoms with Gasteiger partial charge in [0, 0.05) is 18.7 Å². The Morgan fingerprint density at radius 3 is 2.95 bits per heavy atom. The maximum atomic E-state index is 6.18. The van der Waals surface area contributed by atoms with Crippen LogP contribution < -0.4 is 5.32 Å². The molecule has 3 heterocycles. The van der Waals surface area contributed by atoms with E-state index in [2.05, 4.69) is 45.9 Å². The lowest BCUT2D eigenvalue weighted by molar-refractivity contribution is -0.119. The van der Waals surface area contributed by atoms with Gasteiger partial charge in [0.1, 0.15) is 12.2 Å². The first-order valence-corrected chi connectivity index (χ1v) is 8.53. The fourth-order valence-electron chi connectivity index (χ4n) is 3.77. The van der Waals surface area contributed by atoms with Crippen molar-refractivity contribution in [3.05, 3.63) is 12.2 Å². The number of rotatable bonds is 4. The molecule has 6 heteroatoms. The summed E-state index contributed by atoms with van der Waals surface area (Å²) in [7, 11) is 2.21. The lowest BCUT2D eigenvalue weighted by Gasteiger charge is -2.46. The van der Waals surface area contributed by atoms with Crippen molar-refractivity contribution < 1.29 is 4.74 Å². The molecular formula is C16H29N5O. The monoisotopic (exact) mass is 307 g/mol. The molecule has 2 aliphatic rings. The van der Waals surface area contributed by atoms with Crippen LogP contribution in [0.5, 0.6) is 0 Å². The van der Waals surface area contributed by atoms with E-state index in [1.54, 1.807) is 0 Å². The summed E-state index contributed by atoms with van der Waals surface area (Å²) in [6, 6.07) is 0.980. The van der Waals surface area contributed by atoms with Gasteiger partial charge in [-0.2, -0.15) is 0 Å². The SMILES string of the molecule is CC(C)n1cnnc1CN(C)C1CCOC2(CCNCC2)C1. The molecule has 2 aliphatic heterocycles. The third-order valence-electron chi connectivity index (χ3n) is 5.20. The van der Waals surface area contributed by atoms with Crippen LogP contribution in [0.4, 0.5) is 0 Å². The highest BCUT2D eigenvalue weighted by Crippen LogP contribution is 2.35. The van der Waals surface area contributed by atoms with Crippen LogP contribution in [-0.2, 0) is 11.3 Å². The van der Waals surface area contributed by atoms with Crippen molar-refractivity contribution in [2.45, 2.75) is 63.8 Å². The van der Waals surface area contributed by atoms with Crippen LogP contribution in [0.25, 0.3) is 0 Å². The lowest BCUT2D eigenvalue weighted by Crippen LogP contribution is -2.52. The van der Waals surface area contributed by atoms with E-state index in [1.807, 2.05) is 6.33 Å². The van der Waals surface area contributed by atoms with Crippen molar-refractivity contribution in [3.8, 4) is 0 Å². The minimum atomic E-state index is 0.105. The molecule has 1 N–H and O–H groups in total. The number of hydrogen-bond donors (Lipinski definition) is 1. The molecule has 0 saturated carbocycles. The Hall–Kier alpha value is -0.980. The second kappa shape index (κ2) is 6.64. The second-order valence-electron chi connectivity index (χ2n) is 7.09. The third-order valence-corrected chi connectivity index (χ3v) is 5.20. The average molecular weight is 307 g/mol. The van der Waals surface area contributed by atoms with Gasteiger partial charge in [-0.1, -0.05) is 0 Å². The molecule has 124 valence electrons. The van der Waals surface area contributed by atoms with Crippen molar-refractivity contribution in [3.63, 3.8) is 0 Å². The molecule has 1 atom stereocenters. The second-order valence-corrected chi connectivity index (χ2v) is 7.09. The molecule has 2 saturated heterocycles. The van der Waals surface area contributed by atoms with Crippen molar-refractivity contribution in [2.24, 2.45) is 0 Å². The molecule has 0 aromatic carbocycles. The molecule has 0 bridgehead atoms. The van der Waals surface area contributed by atoms with Crippen LogP contribution in [-0.4, -0.2) is 58.1 Å². The summed E-state index contributed by atoms with van der Waals surface area (Å²) in [6.07, 6.45) is 6.37. The van der Waals surface area contributed by atoms with Crippen molar-refractivity contribution in [1.29, 1.82) is 0 Å². The first-order valence-electron chi connectivity index (χ1n) is 8.53. The first kappa shape index (κ1) is 15.9. The summed E-state index contributed by atoms with van der Waals surface area (Å²) in [6.45, 7) is 8.25. The van der Waals surface area contributed by atoms with Crippen LogP contribution in [0.15, 0.2) is 6.33 Å². The third kappa shape index (κ3) is 3.34. The van der Waals surface area contributed by atoms with Crippen molar-refractivity contribution in [2.75, 3.05) is 26.7 Å². The summed E-state index contributed by atoms with van der Waals surface area (Å²) in [5.41, 5.74) is 0.105. The van der Waals surface area contributed by atoms with E-state index in [1.165, 1.54) is 0 Å². The molecule has 6 nitrogen and oxygen atoms in total. The van der Waals surface area contributed by atoms with Gasteiger partial charge in [-0.25, -0.2) is 0 Å². The van der Waals surface area contributed by atoms with Gasteiger partial charge in [0.2, 0.25) is 0 Å². The van der Waals surface area contributed by atoms with Gasteiger partial charge in [0.15, 0.2) is 0 Å². The van der Waals surface area contributed by atoms with Crippen LogP contribution in [0.1, 0.15) is 51.4 Å². The molecule has 2 fully saturated rings. The quantitative estimate of drug-likeness (QED) is 0.915. The number of hydrogen-bond acceptors (Lipinski definition) is 5. The molecule has 1 aromatic rings. The first-order chi connectivity index (χ1) is 10.6. The van der Waals surface area contributed by atoms with E-state index in [0.29, 0.717) is 12.1 Å². The Labute approximate surface area is 133 Å². The number of aromatic nitrogens is 3. The summed E-state index contributed by atoms with van der Waals surface area (Å²) >= 11 is 0. The van der Waals surface area contributed by atoms with E-state index in [-0.39, 0.29) is 5.60 Å². The lowest BCUT2D eigenvalue weighted by atomic mass is 9.82. The van der Waals surface area contributed by atoms with Crippen LogP contribution >= 0.6 is 0 Å². The van der Waals surface area contributed by atoms with Crippen LogP contribution in [0.2, 0.25) is 0 Å². The maximum absolute atomic E-state index is 6.18. The van der Waals surface area contributed by atoms with E-state index in [9.17, 15) is 0 Å². The number of nitrogens with zero attached hydrogens (tertiary/aromatic N) is 4. The van der Waals surface area contributed by atoms with Gasteiger partial charge in [-0.3, -0.25) is 4.90 Å². The van der Waals surface area contributed by atoms with Gasteiger partial charge >= 0.3 is 0 Å². The van der Waals surface area contributed by atoms with E-state index < -0.39 is 0 Å². The van der Waals surface area contributed by atoms with Gasteiger partial charge < -0.3 is 14.6 Å². The predicted molar refractivity (Wildman–Crippen MR) is 85.7 cm³/mol. The minimum Gasteiger partial charge on any atom is -0.375 e. The zero-order valence-electron chi connectivity index (χ0n) is 14.1. The number of piperidine rings is 1. The molecule has 0 amide bonds. The van der Waals surface area contributed by atoms with E-state index >= 15 is 0 Å². The highest BCUT2D eigenvalue weighted by molar-refractivity contribution is 4.95. The average Bonchev–Trinajstić information content (AvgIpc) is 2.96. The Balaban J connectivity index is 1.64. The topological polar surface area (TPSA) is 55.2 Å². The van der Waals surface area contributed by atoms with Crippen molar-refractivity contribution >= 4 is 0 Å². The highest BCUT2D eigenvalue weighted by Gasteiger charge is 2.39. The molecule has 0 aliphatic carbocycles. The standard InChI is InChI=1S/C16H29N5O/c1-13(2)21-12-18-19-15(21)11-20(3)14-4-9-22-16(10-14)5-7-17-8-6-16/h12-14,17H,4-11H2,1-3H3. The Morgan fingerprint density at radius 1 is 1.45 bits per heavy atom. The summed E-state index contributed by atoms with van der Waals surface area (Å²) in [5, 5.41) is 11.8. The van der Waals surface area contributed by atoms with Crippen LogP contribution in [0, 0.1) is 0 Å². The smallest absolute Gasteiger partial charge is 0.147 e. The summed E-state index contributed by atoms with van der Waals surface area (Å²) in [4.78, 5) is 2.44. The summed E-state index contributed by atoms with van der Waals surface area (Å²) < 4.78 is 8.35. The molecule has 1 aromatic heterocycles. The molecule has 3 rings (SSSR count). The fraction of sp³-hybridized carbons (Fsp3) is 0.875. The van der Waals surface area contributed by atoms with Gasteiger partial charge in [0.05, 0.1) is 12.1 Å². The largest absolute Gasteiger partial charge is 0.375 e. The molecule has 22 heavy (non-hydrogen) atoms. The maximum Gasteiger partial charge on any atom is 0.147 e. The highest BCUT2D eigenvalue weighted by atomic mass is 16.5. The Bertz CT molecular complexity index is 475. The predicted octanol–water partition coefficient (Wildman–Crippen LogP) is 1.59. The van der Waals surface area contributed by atoms with Gasteiger partial charge in [-0.15, -0.1) is 10.2 Å². The van der Waals surface area contributed by atoms with E-state index in [0.717, 1.165) is 57.7 Å². The minimum absolute atomic E-state index is 0.105. The van der Waals surface area contributed by atoms with Crippen molar-refractivity contribution in [1.82, 2.24) is 25.0 Å². The molecule has 0 radical (unpaired) electrons. The Morgan fingerprint density at radius 2 is 2.23 bits per heavy atom. The zero-order chi connectivity index (χ0) is 15.6. The van der Waals surface area contributed by atoms with Crippen LogP contribution in [0.3, 0.4) is 0 Å². The number of nitrogens with one attached hydrogen (secondary N) is 1. The van der Waals surface area contributed by atoms with E-state index in [4.69, 9.17) is 4.74 Å².